The first-order chi connectivity index (χ1) is 9.93. The van der Waals surface area contributed by atoms with Crippen LogP contribution in [0.5, 0.6) is 0 Å². The zero-order valence-electron chi connectivity index (χ0n) is 13.0. The summed E-state index contributed by atoms with van der Waals surface area (Å²) in [6, 6.07) is 5.12. The summed E-state index contributed by atoms with van der Waals surface area (Å²) in [5.74, 6) is 0.426. The maximum atomic E-state index is 13.4. The van der Waals surface area contributed by atoms with Gasteiger partial charge in [-0.1, -0.05) is 12.1 Å². The second-order valence-corrected chi connectivity index (χ2v) is 4.97. The molecule has 0 unspecified atom stereocenters. The van der Waals surface area contributed by atoms with Gasteiger partial charge in [-0.2, -0.15) is 0 Å². The lowest BCUT2D eigenvalue weighted by atomic mass is 10.1. The fourth-order valence-corrected chi connectivity index (χ4v) is 1.66. The lowest BCUT2D eigenvalue weighted by Crippen LogP contribution is -2.38. The Bertz CT molecular complexity index is 514. The summed E-state index contributed by atoms with van der Waals surface area (Å²) in [5.41, 5.74) is 1.47. The summed E-state index contributed by atoms with van der Waals surface area (Å²) in [7, 11) is 5.10. The maximum Gasteiger partial charge on any atom is 0.223 e. The molecule has 0 radical (unpaired) electrons. The molecule has 0 bridgehead atoms. The van der Waals surface area contributed by atoms with Crippen LogP contribution in [-0.2, 0) is 11.3 Å². The van der Waals surface area contributed by atoms with Gasteiger partial charge < -0.3 is 15.5 Å². The number of carbonyl (C=O) groups is 1. The molecular formula is C15H23FN4O. The molecule has 0 aliphatic heterocycles. The van der Waals surface area contributed by atoms with Crippen molar-refractivity contribution in [1.29, 1.82) is 0 Å². The van der Waals surface area contributed by atoms with E-state index >= 15 is 0 Å². The Balaban J connectivity index is 2.41. The number of nitrogens with one attached hydrogen (secondary N) is 2. The molecule has 0 aliphatic rings. The number of guanidine groups is 1. The molecule has 0 aromatic heterocycles. The molecule has 21 heavy (non-hydrogen) atoms. The number of nitrogens with zero attached hydrogens (tertiary/aromatic N) is 2. The molecule has 0 atom stereocenters. The Morgan fingerprint density at radius 2 is 2.05 bits per heavy atom. The topological polar surface area (TPSA) is 56.7 Å². The summed E-state index contributed by atoms with van der Waals surface area (Å²) in [6.45, 7) is 2.70. The number of hydrogen-bond acceptors (Lipinski definition) is 2. The number of benzene rings is 1. The SMILES string of the molecule is CN=C(NCCC(=O)N(C)C)NCc1ccc(C)c(F)c1. The van der Waals surface area contributed by atoms with Gasteiger partial charge in [0.2, 0.25) is 5.91 Å². The second kappa shape index (κ2) is 8.24. The number of rotatable bonds is 5. The molecule has 0 heterocycles. The van der Waals surface area contributed by atoms with E-state index in [0.29, 0.717) is 31.0 Å². The van der Waals surface area contributed by atoms with Crippen molar-refractivity contribution in [3.63, 3.8) is 0 Å². The van der Waals surface area contributed by atoms with E-state index in [1.54, 1.807) is 39.0 Å². The van der Waals surface area contributed by atoms with E-state index in [0.717, 1.165) is 5.56 Å². The zero-order valence-corrected chi connectivity index (χ0v) is 13.0. The summed E-state index contributed by atoms with van der Waals surface area (Å²) in [5, 5.41) is 6.13. The molecule has 1 aromatic rings. The highest BCUT2D eigenvalue weighted by atomic mass is 19.1. The Hall–Kier alpha value is -2.11. The van der Waals surface area contributed by atoms with Crippen molar-refractivity contribution in [2.75, 3.05) is 27.7 Å². The highest BCUT2D eigenvalue weighted by Gasteiger charge is 2.05. The first-order valence-corrected chi connectivity index (χ1v) is 6.83. The van der Waals surface area contributed by atoms with Gasteiger partial charge in [-0.15, -0.1) is 0 Å². The van der Waals surface area contributed by atoms with Crippen molar-refractivity contribution in [3.8, 4) is 0 Å². The molecule has 0 aliphatic carbocycles. The van der Waals surface area contributed by atoms with Crippen LogP contribution in [0.4, 0.5) is 4.39 Å². The molecule has 6 heteroatoms. The molecule has 0 saturated heterocycles. The van der Waals surface area contributed by atoms with E-state index in [1.165, 1.54) is 6.07 Å². The molecule has 1 aromatic carbocycles. The summed E-state index contributed by atoms with van der Waals surface area (Å²) < 4.78 is 13.4. The number of amides is 1. The highest BCUT2D eigenvalue weighted by molar-refractivity contribution is 5.81. The molecule has 1 rings (SSSR count). The largest absolute Gasteiger partial charge is 0.356 e. The second-order valence-electron chi connectivity index (χ2n) is 4.97. The van der Waals surface area contributed by atoms with Crippen molar-refractivity contribution < 1.29 is 9.18 Å². The maximum absolute atomic E-state index is 13.4. The van der Waals surface area contributed by atoms with Crippen molar-refractivity contribution in [2.45, 2.75) is 19.9 Å². The third-order valence-electron chi connectivity index (χ3n) is 3.05. The predicted octanol–water partition coefficient (Wildman–Crippen LogP) is 1.28. The van der Waals surface area contributed by atoms with E-state index in [2.05, 4.69) is 15.6 Å². The van der Waals surface area contributed by atoms with Gasteiger partial charge in [-0.05, 0) is 24.1 Å². The van der Waals surface area contributed by atoms with Crippen LogP contribution in [0, 0.1) is 12.7 Å². The Kier molecular flexibility index (Phi) is 6.65. The van der Waals surface area contributed by atoms with E-state index in [9.17, 15) is 9.18 Å². The van der Waals surface area contributed by atoms with E-state index in [-0.39, 0.29) is 11.7 Å². The van der Waals surface area contributed by atoms with Crippen molar-refractivity contribution >= 4 is 11.9 Å². The Labute approximate surface area is 125 Å². The first kappa shape index (κ1) is 16.9. The van der Waals surface area contributed by atoms with Gasteiger partial charge in [0.05, 0.1) is 0 Å². The minimum Gasteiger partial charge on any atom is -0.356 e. The van der Waals surface area contributed by atoms with E-state index < -0.39 is 0 Å². The summed E-state index contributed by atoms with van der Waals surface area (Å²) in [6.07, 6.45) is 0.396. The lowest BCUT2D eigenvalue weighted by Gasteiger charge is -2.14. The van der Waals surface area contributed by atoms with Crippen LogP contribution >= 0.6 is 0 Å². The minimum atomic E-state index is -0.214. The lowest BCUT2D eigenvalue weighted by molar-refractivity contribution is -0.128. The van der Waals surface area contributed by atoms with Crippen LogP contribution in [0.1, 0.15) is 17.5 Å². The standard InChI is InChI=1S/C15H23FN4O/c1-11-5-6-12(9-13(11)16)10-19-15(17-2)18-8-7-14(21)20(3)4/h5-6,9H,7-8,10H2,1-4H3,(H2,17,18,19). The molecular weight excluding hydrogens is 271 g/mol. The first-order valence-electron chi connectivity index (χ1n) is 6.83. The van der Waals surface area contributed by atoms with Crippen LogP contribution in [-0.4, -0.2) is 44.5 Å². The molecule has 1 amide bonds. The fraction of sp³-hybridized carbons (Fsp3) is 0.467. The van der Waals surface area contributed by atoms with Gasteiger partial charge in [0.15, 0.2) is 5.96 Å². The van der Waals surface area contributed by atoms with Crippen molar-refractivity contribution in [1.82, 2.24) is 15.5 Å². The fourth-order valence-electron chi connectivity index (χ4n) is 1.66. The van der Waals surface area contributed by atoms with Gasteiger partial charge in [0.1, 0.15) is 5.82 Å². The van der Waals surface area contributed by atoms with Gasteiger partial charge in [0.25, 0.3) is 0 Å². The van der Waals surface area contributed by atoms with Crippen LogP contribution in [0.3, 0.4) is 0 Å². The number of hydrogen-bond donors (Lipinski definition) is 2. The average Bonchev–Trinajstić information content (AvgIpc) is 2.45. The monoisotopic (exact) mass is 294 g/mol. The summed E-state index contributed by atoms with van der Waals surface area (Å²) >= 11 is 0. The van der Waals surface area contributed by atoms with Gasteiger partial charge >= 0.3 is 0 Å². The van der Waals surface area contributed by atoms with Crippen LogP contribution in [0.2, 0.25) is 0 Å². The smallest absolute Gasteiger partial charge is 0.223 e. The van der Waals surface area contributed by atoms with Crippen LogP contribution < -0.4 is 10.6 Å². The number of halogens is 1. The molecule has 116 valence electrons. The van der Waals surface area contributed by atoms with Crippen molar-refractivity contribution in [3.05, 3.63) is 35.1 Å². The molecule has 2 N–H and O–H groups in total. The summed E-state index contributed by atoms with van der Waals surface area (Å²) in [4.78, 5) is 17.1. The van der Waals surface area contributed by atoms with E-state index in [4.69, 9.17) is 0 Å². The molecule has 5 nitrogen and oxygen atoms in total. The van der Waals surface area contributed by atoms with Gasteiger partial charge in [-0.25, -0.2) is 4.39 Å². The third-order valence-corrected chi connectivity index (χ3v) is 3.05. The van der Waals surface area contributed by atoms with Crippen LogP contribution in [0.15, 0.2) is 23.2 Å². The number of aryl methyl sites for hydroxylation is 1. The average molecular weight is 294 g/mol. The molecule has 0 spiro atoms. The predicted molar refractivity (Wildman–Crippen MR) is 82.6 cm³/mol. The van der Waals surface area contributed by atoms with Gasteiger partial charge in [0, 0.05) is 40.7 Å². The highest BCUT2D eigenvalue weighted by Crippen LogP contribution is 2.08. The third kappa shape index (κ3) is 5.81. The number of aliphatic imine (C=N–C) groups is 1. The van der Waals surface area contributed by atoms with E-state index in [1.807, 2.05) is 6.07 Å². The van der Waals surface area contributed by atoms with Crippen molar-refractivity contribution in [2.24, 2.45) is 4.99 Å². The minimum absolute atomic E-state index is 0.0542. The molecule has 0 fully saturated rings. The Morgan fingerprint density at radius 1 is 1.33 bits per heavy atom. The van der Waals surface area contributed by atoms with Gasteiger partial charge in [-0.3, -0.25) is 9.79 Å². The normalized spacial score (nSPS) is 11.2. The molecule has 0 saturated carbocycles. The number of carbonyl (C=O) groups excluding carboxylic acids is 1. The Morgan fingerprint density at radius 3 is 2.62 bits per heavy atom. The zero-order chi connectivity index (χ0) is 15.8. The van der Waals surface area contributed by atoms with Crippen LogP contribution in [0.25, 0.3) is 0 Å². The quantitative estimate of drug-likeness (QED) is 0.635.